The van der Waals surface area contributed by atoms with Crippen LogP contribution in [0.3, 0.4) is 0 Å². The summed E-state index contributed by atoms with van der Waals surface area (Å²) in [5, 5.41) is 0. The van der Waals surface area contributed by atoms with Crippen molar-refractivity contribution >= 4 is 17.2 Å². The van der Waals surface area contributed by atoms with Gasteiger partial charge >= 0.3 is 0 Å². The number of nitrogens with two attached hydrogens (primary N) is 1. The monoisotopic (exact) mass is 334 g/mol. The first-order chi connectivity index (χ1) is 12.1. The van der Waals surface area contributed by atoms with Gasteiger partial charge in [-0.05, 0) is 50.6 Å². The SMILES string of the molecule is CCN(c1cccc(C)c1)c1ncnc(Oc2ccc(C)cc2)c1N. The van der Waals surface area contributed by atoms with Crippen LogP contribution in [-0.4, -0.2) is 16.5 Å². The quantitative estimate of drug-likeness (QED) is 0.737. The van der Waals surface area contributed by atoms with E-state index in [1.165, 1.54) is 17.5 Å². The topological polar surface area (TPSA) is 64.3 Å². The minimum absolute atomic E-state index is 0.361. The maximum atomic E-state index is 6.32. The van der Waals surface area contributed by atoms with Crippen molar-refractivity contribution in [2.75, 3.05) is 17.2 Å². The molecule has 1 heterocycles. The van der Waals surface area contributed by atoms with Crippen molar-refractivity contribution in [3.63, 3.8) is 0 Å². The van der Waals surface area contributed by atoms with Crippen LogP contribution in [0.2, 0.25) is 0 Å². The van der Waals surface area contributed by atoms with Crippen molar-refractivity contribution in [2.24, 2.45) is 0 Å². The number of nitrogens with zero attached hydrogens (tertiary/aromatic N) is 3. The van der Waals surface area contributed by atoms with E-state index in [0.717, 1.165) is 12.2 Å². The van der Waals surface area contributed by atoms with Gasteiger partial charge in [-0.25, -0.2) is 4.98 Å². The highest BCUT2D eigenvalue weighted by atomic mass is 16.5. The Balaban J connectivity index is 1.95. The van der Waals surface area contributed by atoms with Crippen LogP contribution in [0.5, 0.6) is 11.6 Å². The summed E-state index contributed by atoms with van der Waals surface area (Å²) in [5.74, 6) is 1.70. The van der Waals surface area contributed by atoms with Crippen molar-refractivity contribution in [3.05, 3.63) is 66.0 Å². The van der Waals surface area contributed by atoms with E-state index in [-0.39, 0.29) is 0 Å². The largest absolute Gasteiger partial charge is 0.437 e. The highest BCUT2D eigenvalue weighted by Crippen LogP contribution is 2.34. The minimum atomic E-state index is 0.361. The van der Waals surface area contributed by atoms with Gasteiger partial charge < -0.3 is 15.4 Å². The van der Waals surface area contributed by atoms with E-state index >= 15 is 0 Å². The average Bonchev–Trinajstić information content (AvgIpc) is 2.61. The predicted octanol–water partition coefficient (Wildman–Crippen LogP) is 4.63. The van der Waals surface area contributed by atoms with Crippen LogP contribution < -0.4 is 15.4 Å². The van der Waals surface area contributed by atoms with Crippen molar-refractivity contribution in [1.29, 1.82) is 0 Å². The summed E-state index contributed by atoms with van der Waals surface area (Å²) in [5.41, 5.74) is 10.1. The second-order valence-electron chi connectivity index (χ2n) is 5.91. The summed E-state index contributed by atoms with van der Waals surface area (Å²) in [6.07, 6.45) is 1.48. The molecule has 2 N–H and O–H groups in total. The molecule has 0 aliphatic heterocycles. The molecule has 0 bridgehead atoms. The minimum Gasteiger partial charge on any atom is -0.437 e. The second-order valence-corrected chi connectivity index (χ2v) is 5.91. The third kappa shape index (κ3) is 3.71. The lowest BCUT2D eigenvalue weighted by atomic mass is 10.2. The third-order valence-corrected chi connectivity index (χ3v) is 3.95. The van der Waals surface area contributed by atoms with Crippen LogP contribution in [0.4, 0.5) is 17.2 Å². The molecule has 0 spiro atoms. The number of ether oxygens (including phenoxy) is 1. The Kier molecular flexibility index (Phi) is 4.84. The van der Waals surface area contributed by atoms with Crippen molar-refractivity contribution in [1.82, 2.24) is 9.97 Å². The fourth-order valence-corrected chi connectivity index (χ4v) is 2.64. The Morgan fingerprint density at radius 2 is 1.76 bits per heavy atom. The van der Waals surface area contributed by atoms with E-state index in [9.17, 15) is 0 Å². The average molecular weight is 334 g/mol. The molecule has 0 aliphatic carbocycles. The summed E-state index contributed by atoms with van der Waals surface area (Å²) < 4.78 is 5.86. The standard InChI is InChI=1S/C20H22N4O/c1-4-24(16-7-5-6-15(3)12-16)19-18(21)20(23-13-22-19)25-17-10-8-14(2)9-11-17/h5-13H,4,21H2,1-3H3. The molecule has 1 aromatic heterocycles. The molecule has 0 radical (unpaired) electrons. The van der Waals surface area contributed by atoms with Gasteiger partial charge in [-0.1, -0.05) is 29.8 Å². The van der Waals surface area contributed by atoms with E-state index in [0.29, 0.717) is 23.1 Å². The number of anilines is 3. The Bertz CT molecular complexity index is 862. The number of nitrogen functional groups attached to an aromatic ring is 1. The molecule has 0 saturated carbocycles. The molecule has 0 saturated heterocycles. The normalized spacial score (nSPS) is 10.5. The van der Waals surface area contributed by atoms with Crippen LogP contribution in [0, 0.1) is 13.8 Å². The van der Waals surface area contributed by atoms with Gasteiger partial charge in [0.2, 0.25) is 5.88 Å². The highest BCUT2D eigenvalue weighted by Gasteiger charge is 2.17. The number of hydrogen-bond acceptors (Lipinski definition) is 5. The van der Waals surface area contributed by atoms with E-state index in [4.69, 9.17) is 10.5 Å². The number of aromatic nitrogens is 2. The van der Waals surface area contributed by atoms with Gasteiger partial charge in [-0.3, -0.25) is 0 Å². The molecule has 2 aromatic carbocycles. The Morgan fingerprint density at radius 3 is 2.44 bits per heavy atom. The second kappa shape index (κ2) is 7.21. The Morgan fingerprint density at radius 1 is 1.00 bits per heavy atom. The lowest BCUT2D eigenvalue weighted by Gasteiger charge is -2.24. The summed E-state index contributed by atoms with van der Waals surface area (Å²) in [7, 11) is 0. The lowest BCUT2D eigenvalue weighted by molar-refractivity contribution is 0.464. The van der Waals surface area contributed by atoms with Gasteiger partial charge in [-0.2, -0.15) is 4.98 Å². The van der Waals surface area contributed by atoms with Gasteiger partial charge in [0, 0.05) is 12.2 Å². The maximum Gasteiger partial charge on any atom is 0.248 e. The van der Waals surface area contributed by atoms with Gasteiger partial charge in [0.1, 0.15) is 17.8 Å². The zero-order chi connectivity index (χ0) is 17.8. The molecule has 0 amide bonds. The van der Waals surface area contributed by atoms with E-state index < -0.39 is 0 Å². The molecule has 3 aromatic rings. The first-order valence-electron chi connectivity index (χ1n) is 8.27. The van der Waals surface area contributed by atoms with Gasteiger partial charge in [0.15, 0.2) is 5.82 Å². The van der Waals surface area contributed by atoms with Crippen LogP contribution >= 0.6 is 0 Å². The summed E-state index contributed by atoms with van der Waals surface area (Å²) in [6, 6.07) is 16.0. The van der Waals surface area contributed by atoms with Gasteiger partial charge in [-0.15, -0.1) is 0 Å². The zero-order valence-corrected chi connectivity index (χ0v) is 14.7. The zero-order valence-electron chi connectivity index (χ0n) is 14.7. The van der Waals surface area contributed by atoms with Crippen LogP contribution in [0.25, 0.3) is 0 Å². The van der Waals surface area contributed by atoms with Crippen molar-refractivity contribution in [2.45, 2.75) is 20.8 Å². The molecule has 0 aliphatic rings. The highest BCUT2D eigenvalue weighted by molar-refractivity contribution is 5.74. The molecular formula is C20H22N4O. The molecule has 5 heteroatoms. The molecule has 25 heavy (non-hydrogen) atoms. The van der Waals surface area contributed by atoms with Gasteiger partial charge in [0.25, 0.3) is 0 Å². The van der Waals surface area contributed by atoms with Crippen LogP contribution in [-0.2, 0) is 0 Å². The first-order valence-corrected chi connectivity index (χ1v) is 8.27. The molecule has 0 fully saturated rings. The Labute approximate surface area is 148 Å². The summed E-state index contributed by atoms with van der Waals surface area (Å²) >= 11 is 0. The molecule has 0 atom stereocenters. The van der Waals surface area contributed by atoms with Crippen LogP contribution in [0.15, 0.2) is 54.9 Å². The Hall–Kier alpha value is -3.08. The predicted molar refractivity (Wildman–Crippen MR) is 102 cm³/mol. The molecule has 5 nitrogen and oxygen atoms in total. The van der Waals surface area contributed by atoms with E-state index in [1.54, 1.807) is 0 Å². The smallest absolute Gasteiger partial charge is 0.248 e. The molecule has 0 unspecified atom stereocenters. The van der Waals surface area contributed by atoms with Crippen LogP contribution in [0.1, 0.15) is 18.1 Å². The maximum absolute atomic E-state index is 6.32. The molecule has 128 valence electrons. The van der Waals surface area contributed by atoms with Crippen molar-refractivity contribution in [3.8, 4) is 11.6 Å². The number of aryl methyl sites for hydroxylation is 2. The number of benzene rings is 2. The van der Waals surface area contributed by atoms with E-state index in [2.05, 4.69) is 35.9 Å². The fraction of sp³-hybridized carbons (Fsp3) is 0.200. The number of rotatable bonds is 5. The van der Waals surface area contributed by atoms with E-state index in [1.807, 2.05) is 48.2 Å². The number of hydrogen-bond donors (Lipinski definition) is 1. The fourth-order valence-electron chi connectivity index (χ4n) is 2.64. The molecule has 3 rings (SSSR count). The first kappa shape index (κ1) is 16.8. The molecular weight excluding hydrogens is 312 g/mol. The third-order valence-electron chi connectivity index (χ3n) is 3.95. The van der Waals surface area contributed by atoms with Gasteiger partial charge in [0.05, 0.1) is 0 Å². The summed E-state index contributed by atoms with van der Waals surface area (Å²) in [6.45, 7) is 6.88. The van der Waals surface area contributed by atoms with Crippen molar-refractivity contribution < 1.29 is 4.74 Å². The lowest BCUT2D eigenvalue weighted by Crippen LogP contribution is -2.19. The summed E-state index contributed by atoms with van der Waals surface area (Å²) in [4.78, 5) is 10.6.